The molecule has 2 N–H and O–H groups in total. The summed E-state index contributed by atoms with van der Waals surface area (Å²) in [6, 6.07) is 0.0613. The molecule has 90 valence electrons. The van der Waals surface area contributed by atoms with Gasteiger partial charge in [0.25, 0.3) is 0 Å². The first-order chi connectivity index (χ1) is 7.56. The van der Waals surface area contributed by atoms with Crippen molar-refractivity contribution in [3.63, 3.8) is 0 Å². The summed E-state index contributed by atoms with van der Waals surface area (Å²) < 4.78 is 5.34. The van der Waals surface area contributed by atoms with Gasteiger partial charge in [0.05, 0.1) is 18.5 Å². The van der Waals surface area contributed by atoms with Crippen LogP contribution in [0.25, 0.3) is 0 Å². The largest absolute Gasteiger partial charge is 0.477 e. The zero-order valence-corrected chi connectivity index (χ0v) is 10.5. The Morgan fingerprint density at radius 2 is 2.00 bits per heavy atom. The molecule has 0 bridgehead atoms. The fraction of sp³-hybridized carbons (Fsp3) is 0.667. The lowest BCUT2D eigenvalue weighted by Gasteiger charge is -2.23. The second kappa shape index (κ2) is 5.80. The first-order valence-corrected chi connectivity index (χ1v) is 5.76. The van der Waals surface area contributed by atoms with E-state index in [1.54, 1.807) is 12.4 Å². The van der Waals surface area contributed by atoms with E-state index in [1.165, 1.54) is 0 Å². The molecule has 1 rings (SSSR count). The molecule has 16 heavy (non-hydrogen) atoms. The number of hydrogen-bond donors (Lipinski definition) is 1. The first-order valence-electron chi connectivity index (χ1n) is 5.76. The number of hydrogen-bond acceptors (Lipinski definition) is 4. The highest BCUT2D eigenvalue weighted by Gasteiger charge is 2.22. The molecule has 0 spiro atoms. The van der Waals surface area contributed by atoms with Crippen LogP contribution in [-0.4, -0.2) is 22.6 Å². The van der Waals surface area contributed by atoms with Gasteiger partial charge in [-0.3, -0.25) is 4.98 Å². The van der Waals surface area contributed by atoms with Gasteiger partial charge in [0, 0.05) is 18.2 Å². The van der Waals surface area contributed by atoms with Gasteiger partial charge in [-0.25, -0.2) is 4.98 Å². The average Bonchev–Trinajstić information content (AvgIpc) is 2.17. The molecule has 4 nitrogen and oxygen atoms in total. The van der Waals surface area contributed by atoms with Gasteiger partial charge in [-0.15, -0.1) is 0 Å². The number of nitrogens with two attached hydrogens (primary N) is 1. The van der Waals surface area contributed by atoms with E-state index in [9.17, 15) is 0 Å². The van der Waals surface area contributed by atoms with Gasteiger partial charge in [-0.05, 0) is 19.8 Å². The second-order valence-electron chi connectivity index (χ2n) is 4.34. The highest BCUT2D eigenvalue weighted by molar-refractivity contribution is 5.14. The Kier molecular flexibility index (Phi) is 4.68. The summed E-state index contributed by atoms with van der Waals surface area (Å²) in [5.74, 6) is 1.23. The number of rotatable bonds is 5. The molecule has 0 fully saturated rings. The number of nitrogens with zero attached hydrogens (tertiary/aromatic N) is 2. The molecule has 0 saturated heterocycles. The summed E-state index contributed by atoms with van der Waals surface area (Å²) in [4.78, 5) is 8.59. The van der Waals surface area contributed by atoms with Crippen LogP contribution in [-0.2, 0) is 0 Å². The maximum absolute atomic E-state index is 5.99. The van der Waals surface area contributed by atoms with Gasteiger partial charge in [-0.2, -0.15) is 0 Å². The van der Waals surface area contributed by atoms with Gasteiger partial charge in [-0.1, -0.05) is 13.8 Å². The molecule has 0 aliphatic carbocycles. The maximum atomic E-state index is 5.99. The summed E-state index contributed by atoms with van der Waals surface area (Å²) in [6.45, 7) is 8.81. The van der Waals surface area contributed by atoms with Crippen LogP contribution in [0, 0.1) is 5.92 Å². The van der Waals surface area contributed by atoms with Gasteiger partial charge in [0.15, 0.2) is 0 Å². The number of ether oxygens (including phenoxy) is 1. The van der Waals surface area contributed by atoms with Crippen molar-refractivity contribution in [1.82, 2.24) is 9.97 Å². The van der Waals surface area contributed by atoms with Crippen molar-refractivity contribution in [2.75, 3.05) is 6.61 Å². The lowest BCUT2D eigenvalue weighted by Crippen LogP contribution is -2.29. The topological polar surface area (TPSA) is 61.0 Å². The van der Waals surface area contributed by atoms with E-state index >= 15 is 0 Å². The summed E-state index contributed by atoms with van der Waals surface area (Å²) in [5, 5.41) is 0. The minimum atomic E-state index is 0.0613. The fourth-order valence-electron chi connectivity index (χ4n) is 1.96. The van der Waals surface area contributed by atoms with Crippen LogP contribution in [0.4, 0.5) is 0 Å². The van der Waals surface area contributed by atoms with Crippen molar-refractivity contribution in [1.29, 1.82) is 0 Å². The predicted octanol–water partition coefficient (Wildman–Crippen LogP) is 1.96. The molecule has 2 unspecified atom stereocenters. The Balaban J connectivity index is 2.95. The molecule has 4 heteroatoms. The molecule has 2 atom stereocenters. The average molecular weight is 223 g/mol. The van der Waals surface area contributed by atoms with Crippen LogP contribution in [0.2, 0.25) is 0 Å². The van der Waals surface area contributed by atoms with Crippen molar-refractivity contribution in [2.45, 2.75) is 39.7 Å². The van der Waals surface area contributed by atoms with Crippen LogP contribution in [0.5, 0.6) is 5.88 Å². The minimum Gasteiger partial charge on any atom is -0.477 e. The molecule has 0 aliphatic heterocycles. The third kappa shape index (κ3) is 3.17. The van der Waals surface area contributed by atoms with E-state index in [-0.39, 0.29) is 12.0 Å². The SMILES string of the molecule is CCOc1cncc(C(C(C)C)C(C)N)n1. The highest BCUT2D eigenvalue weighted by atomic mass is 16.5. The standard InChI is InChI=1S/C12H21N3O/c1-5-16-11-7-14-6-10(15-11)12(8(2)3)9(4)13/h6-9,12H,5,13H2,1-4H3. The van der Waals surface area contributed by atoms with Crippen molar-refractivity contribution >= 4 is 0 Å². The zero-order chi connectivity index (χ0) is 12.1. The molecular formula is C12H21N3O. The summed E-state index contributed by atoms with van der Waals surface area (Å²) in [7, 11) is 0. The first kappa shape index (κ1) is 12.9. The molecule has 0 amide bonds. The van der Waals surface area contributed by atoms with Crippen LogP contribution < -0.4 is 10.5 Å². The van der Waals surface area contributed by atoms with Crippen molar-refractivity contribution < 1.29 is 4.74 Å². The normalized spacial score (nSPS) is 14.9. The molecule has 1 heterocycles. The van der Waals surface area contributed by atoms with E-state index in [0.29, 0.717) is 18.4 Å². The van der Waals surface area contributed by atoms with Crippen molar-refractivity contribution in [3.8, 4) is 5.88 Å². The maximum Gasteiger partial charge on any atom is 0.232 e. The lowest BCUT2D eigenvalue weighted by molar-refractivity contribution is 0.320. The monoisotopic (exact) mass is 223 g/mol. The fourth-order valence-corrected chi connectivity index (χ4v) is 1.96. The quantitative estimate of drug-likeness (QED) is 0.829. The third-order valence-corrected chi connectivity index (χ3v) is 2.55. The molecule has 0 saturated carbocycles. The Hall–Kier alpha value is -1.16. The Morgan fingerprint density at radius 3 is 2.50 bits per heavy atom. The zero-order valence-electron chi connectivity index (χ0n) is 10.5. The van der Waals surface area contributed by atoms with Crippen LogP contribution in [0.15, 0.2) is 12.4 Å². The molecule has 1 aromatic heterocycles. The summed E-state index contributed by atoms with van der Waals surface area (Å²) in [6.07, 6.45) is 3.40. The Morgan fingerprint density at radius 1 is 1.31 bits per heavy atom. The van der Waals surface area contributed by atoms with Crippen LogP contribution in [0.1, 0.15) is 39.3 Å². The van der Waals surface area contributed by atoms with Crippen molar-refractivity contribution in [3.05, 3.63) is 18.1 Å². The molecular weight excluding hydrogens is 202 g/mol. The van der Waals surface area contributed by atoms with E-state index in [4.69, 9.17) is 10.5 Å². The second-order valence-corrected chi connectivity index (χ2v) is 4.34. The summed E-state index contributed by atoms with van der Waals surface area (Å²) in [5.41, 5.74) is 6.90. The third-order valence-electron chi connectivity index (χ3n) is 2.55. The van der Waals surface area contributed by atoms with Gasteiger partial charge < -0.3 is 10.5 Å². The molecule has 0 aliphatic rings. The van der Waals surface area contributed by atoms with Crippen molar-refractivity contribution in [2.24, 2.45) is 11.7 Å². The van der Waals surface area contributed by atoms with Crippen LogP contribution >= 0.6 is 0 Å². The Bertz CT molecular complexity index is 318. The number of aromatic nitrogens is 2. The highest BCUT2D eigenvalue weighted by Crippen LogP contribution is 2.25. The predicted molar refractivity (Wildman–Crippen MR) is 64.4 cm³/mol. The smallest absolute Gasteiger partial charge is 0.232 e. The lowest BCUT2D eigenvalue weighted by atomic mass is 9.87. The van der Waals surface area contributed by atoms with E-state index in [0.717, 1.165) is 5.69 Å². The Labute approximate surface area is 97.2 Å². The van der Waals surface area contributed by atoms with Gasteiger partial charge in [0.2, 0.25) is 5.88 Å². The molecule has 1 aromatic rings. The molecule has 0 aromatic carbocycles. The minimum absolute atomic E-state index is 0.0613. The van der Waals surface area contributed by atoms with E-state index < -0.39 is 0 Å². The molecule has 0 radical (unpaired) electrons. The van der Waals surface area contributed by atoms with E-state index in [1.807, 2.05) is 13.8 Å². The van der Waals surface area contributed by atoms with Gasteiger partial charge >= 0.3 is 0 Å². The van der Waals surface area contributed by atoms with Crippen LogP contribution in [0.3, 0.4) is 0 Å². The van der Waals surface area contributed by atoms with Gasteiger partial charge in [0.1, 0.15) is 0 Å². The van der Waals surface area contributed by atoms with E-state index in [2.05, 4.69) is 23.8 Å². The summed E-state index contributed by atoms with van der Waals surface area (Å²) >= 11 is 0.